The number of ether oxygens (including phenoxy) is 1. The van der Waals surface area contributed by atoms with E-state index in [2.05, 4.69) is 16.4 Å². The van der Waals surface area contributed by atoms with Gasteiger partial charge in [-0.25, -0.2) is 0 Å². The first kappa shape index (κ1) is 14.8. The number of aliphatic hydroxyl groups excluding tert-OH is 1. The van der Waals surface area contributed by atoms with Crippen LogP contribution in [0.5, 0.6) is 5.75 Å². The van der Waals surface area contributed by atoms with E-state index >= 15 is 0 Å². The molecule has 0 radical (unpaired) electrons. The molecule has 0 amide bonds. The molecule has 6 heteroatoms. The van der Waals surface area contributed by atoms with Crippen molar-refractivity contribution in [2.75, 3.05) is 0 Å². The lowest BCUT2D eigenvalue weighted by molar-refractivity contribution is -0.0610. The van der Waals surface area contributed by atoms with Crippen molar-refractivity contribution in [1.29, 1.82) is 10.5 Å². The van der Waals surface area contributed by atoms with Gasteiger partial charge in [0, 0.05) is 5.56 Å². The monoisotopic (exact) mass is 284 g/mol. The van der Waals surface area contributed by atoms with Crippen LogP contribution in [0.2, 0.25) is 0 Å². The van der Waals surface area contributed by atoms with E-state index in [0.717, 1.165) is 0 Å². The highest BCUT2D eigenvalue weighted by atomic mass is 16.5. The van der Waals surface area contributed by atoms with Crippen molar-refractivity contribution in [2.45, 2.75) is 38.5 Å². The molecule has 2 atom stereocenters. The minimum atomic E-state index is -0.859. The Balaban J connectivity index is 2.49. The predicted molar refractivity (Wildman–Crippen MR) is 76.5 cm³/mol. The van der Waals surface area contributed by atoms with Crippen LogP contribution in [0.4, 0.5) is 0 Å². The summed E-state index contributed by atoms with van der Waals surface area (Å²) in [5.74, 6) is 0.999. The molecule has 0 unspecified atom stereocenters. The van der Waals surface area contributed by atoms with Gasteiger partial charge in [-0.2, -0.15) is 15.5 Å². The second kappa shape index (κ2) is 5.43. The third-order valence-corrected chi connectivity index (χ3v) is 3.46. The lowest BCUT2D eigenvalue weighted by Gasteiger charge is -2.42. The average Bonchev–Trinajstić information content (AvgIpc) is 2.43. The summed E-state index contributed by atoms with van der Waals surface area (Å²) in [6.45, 7) is 5.21. The third kappa shape index (κ3) is 2.81. The van der Waals surface area contributed by atoms with Crippen LogP contribution in [0.3, 0.4) is 0 Å². The molecule has 1 aliphatic rings. The fourth-order valence-corrected chi connectivity index (χ4v) is 2.36. The quantitative estimate of drug-likeness (QED) is 0.463. The lowest BCUT2D eigenvalue weighted by Crippen LogP contribution is -2.53. The van der Waals surface area contributed by atoms with E-state index in [1.54, 1.807) is 45.2 Å². The van der Waals surface area contributed by atoms with Gasteiger partial charge in [0.05, 0.1) is 17.7 Å². The van der Waals surface area contributed by atoms with E-state index in [0.29, 0.717) is 22.7 Å². The molecule has 1 aliphatic heterocycles. The van der Waals surface area contributed by atoms with E-state index in [1.807, 2.05) is 0 Å². The number of fused-ring (bicyclic) bond motifs is 1. The summed E-state index contributed by atoms with van der Waals surface area (Å²) >= 11 is 0. The second-order valence-electron chi connectivity index (χ2n) is 5.43. The normalized spacial score (nSPS) is 23.2. The number of aliphatic imine (C=N–C) groups is 1. The summed E-state index contributed by atoms with van der Waals surface area (Å²) in [5, 5.41) is 31.2. The molecule has 21 heavy (non-hydrogen) atoms. The third-order valence-electron chi connectivity index (χ3n) is 3.46. The van der Waals surface area contributed by atoms with Gasteiger partial charge in [-0.05, 0) is 39.0 Å². The maximum atomic E-state index is 10.5. The van der Waals surface area contributed by atoms with E-state index < -0.39 is 17.7 Å². The number of rotatable bonds is 1. The van der Waals surface area contributed by atoms with Gasteiger partial charge < -0.3 is 15.2 Å². The van der Waals surface area contributed by atoms with Gasteiger partial charge in [-0.3, -0.25) is 0 Å². The number of aliphatic hydroxyl groups is 1. The molecule has 1 aromatic carbocycles. The van der Waals surface area contributed by atoms with Crippen LogP contribution < -0.4 is 10.1 Å². The highest BCUT2D eigenvalue weighted by molar-refractivity contribution is 5.81. The van der Waals surface area contributed by atoms with Gasteiger partial charge in [0.2, 0.25) is 6.19 Å². The largest absolute Gasteiger partial charge is 0.485 e. The Kier molecular flexibility index (Phi) is 3.84. The summed E-state index contributed by atoms with van der Waals surface area (Å²) in [6.07, 6.45) is 0.841. The molecule has 0 bridgehead atoms. The summed E-state index contributed by atoms with van der Waals surface area (Å²) in [6, 6.07) is 6.61. The summed E-state index contributed by atoms with van der Waals surface area (Å²) in [4.78, 5) is 3.61. The van der Waals surface area contributed by atoms with Crippen molar-refractivity contribution in [2.24, 2.45) is 4.99 Å². The first-order valence-electron chi connectivity index (χ1n) is 6.50. The second-order valence-corrected chi connectivity index (χ2v) is 5.43. The van der Waals surface area contributed by atoms with Gasteiger partial charge >= 0.3 is 0 Å². The van der Waals surface area contributed by atoms with Crippen LogP contribution in [0, 0.1) is 22.8 Å². The van der Waals surface area contributed by atoms with Crippen LogP contribution in [-0.4, -0.2) is 22.6 Å². The molecule has 0 saturated heterocycles. The van der Waals surface area contributed by atoms with Gasteiger partial charge in [-0.1, -0.05) is 0 Å². The molecule has 0 spiro atoms. The number of nitrogens with one attached hydrogen (secondary N) is 1. The molecular weight excluding hydrogens is 268 g/mol. The molecule has 1 aromatic rings. The highest BCUT2D eigenvalue weighted by Gasteiger charge is 2.43. The highest BCUT2D eigenvalue weighted by Crippen LogP contribution is 2.40. The van der Waals surface area contributed by atoms with Crippen LogP contribution in [0.15, 0.2) is 23.2 Å². The number of hydrogen-bond acceptors (Lipinski definition) is 5. The van der Waals surface area contributed by atoms with Crippen molar-refractivity contribution in [3.63, 3.8) is 0 Å². The van der Waals surface area contributed by atoms with Crippen LogP contribution >= 0.6 is 0 Å². The Bertz CT molecular complexity index is 667. The Labute approximate surface area is 123 Å². The molecule has 2 N–H and O–H groups in total. The maximum absolute atomic E-state index is 10.5. The standard InChI is InChI=1S/C15H16N4O2/c1-9(18-8-17)19-13-11-6-10(7-16)4-5-12(11)21-15(2,3)14(13)20/h4-6,13-14,20H,1-3H3,(H,18,19)/t13-,14+/m0/s1. The first-order valence-corrected chi connectivity index (χ1v) is 6.50. The number of nitriles is 2. The van der Waals surface area contributed by atoms with Gasteiger partial charge in [-0.15, -0.1) is 0 Å². The molecule has 1 heterocycles. The lowest BCUT2D eigenvalue weighted by atomic mass is 9.86. The fourth-order valence-electron chi connectivity index (χ4n) is 2.36. The topological polar surface area (TPSA) is 101 Å². The number of benzene rings is 1. The molecular formula is C15H16N4O2. The molecule has 0 aromatic heterocycles. The Morgan fingerprint density at radius 1 is 1.43 bits per heavy atom. The molecule has 2 rings (SSSR count). The van der Waals surface area contributed by atoms with Crippen LogP contribution in [-0.2, 0) is 0 Å². The maximum Gasteiger partial charge on any atom is 0.207 e. The summed E-state index contributed by atoms with van der Waals surface area (Å²) in [7, 11) is 0. The average molecular weight is 284 g/mol. The molecule has 0 saturated carbocycles. The molecule has 6 nitrogen and oxygen atoms in total. The molecule has 0 aliphatic carbocycles. The molecule has 0 fully saturated rings. The predicted octanol–water partition coefficient (Wildman–Crippen LogP) is 1.62. The van der Waals surface area contributed by atoms with E-state index in [9.17, 15) is 5.11 Å². The zero-order valence-electron chi connectivity index (χ0n) is 12.1. The van der Waals surface area contributed by atoms with Crippen LogP contribution in [0.25, 0.3) is 0 Å². The van der Waals surface area contributed by atoms with Gasteiger partial charge in [0.1, 0.15) is 23.3 Å². The van der Waals surface area contributed by atoms with Crippen LogP contribution in [0.1, 0.15) is 37.9 Å². The van der Waals surface area contributed by atoms with Crippen molar-refractivity contribution in [3.05, 3.63) is 29.3 Å². The van der Waals surface area contributed by atoms with Crippen molar-refractivity contribution in [3.8, 4) is 18.0 Å². The van der Waals surface area contributed by atoms with E-state index in [-0.39, 0.29) is 0 Å². The smallest absolute Gasteiger partial charge is 0.207 e. The number of amidine groups is 1. The van der Waals surface area contributed by atoms with E-state index in [1.165, 1.54) is 0 Å². The Morgan fingerprint density at radius 2 is 2.14 bits per heavy atom. The van der Waals surface area contributed by atoms with Gasteiger partial charge in [0.25, 0.3) is 0 Å². The van der Waals surface area contributed by atoms with Gasteiger partial charge in [0.15, 0.2) is 0 Å². The Hall–Kier alpha value is -2.57. The zero-order valence-corrected chi connectivity index (χ0v) is 12.1. The first-order chi connectivity index (χ1) is 9.89. The van der Waals surface area contributed by atoms with Crippen molar-refractivity contribution in [1.82, 2.24) is 5.32 Å². The summed E-state index contributed by atoms with van der Waals surface area (Å²) < 4.78 is 5.80. The summed E-state index contributed by atoms with van der Waals surface area (Å²) in [5.41, 5.74) is 0.352. The fraction of sp³-hybridized carbons (Fsp3) is 0.400. The van der Waals surface area contributed by atoms with Crippen molar-refractivity contribution >= 4 is 5.84 Å². The number of hydrogen-bond donors (Lipinski definition) is 2. The van der Waals surface area contributed by atoms with E-state index in [4.69, 9.17) is 15.3 Å². The zero-order chi connectivity index (χ0) is 15.6. The minimum Gasteiger partial charge on any atom is -0.485 e. The number of nitrogens with zero attached hydrogens (tertiary/aromatic N) is 3. The SMILES string of the molecule is C/C(=N\C#N)N[C@H]1c2cc(C#N)ccc2OC(C)(C)[C@@H]1O. The Morgan fingerprint density at radius 3 is 2.76 bits per heavy atom. The minimum absolute atomic E-state index is 0.396. The molecule has 108 valence electrons. The van der Waals surface area contributed by atoms with Crippen molar-refractivity contribution < 1.29 is 9.84 Å².